The van der Waals surface area contributed by atoms with E-state index in [4.69, 9.17) is 16.3 Å². The number of nitrogens with one attached hydrogen (secondary N) is 2. The van der Waals surface area contributed by atoms with E-state index in [2.05, 4.69) is 15.6 Å². The van der Waals surface area contributed by atoms with Crippen LogP contribution in [0.15, 0.2) is 66.9 Å². The first-order valence-electron chi connectivity index (χ1n) is 8.04. The summed E-state index contributed by atoms with van der Waals surface area (Å²) in [5.41, 5.74) is 2.94. The number of hydrogen-bond acceptors (Lipinski definition) is 4. The van der Waals surface area contributed by atoms with Crippen LogP contribution in [0.5, 0.6) is 5.75 Å². The number of benzene rings is 2. The van der Waals surface area contributed by atoms with Gasteiger partial charge in [0.15, 0.2) is 0 Å². The van der Waals surface area contributed by atoms with E-state index < -0.39 is 0 Å². The second kappa shape index (κ2) is 8.36. The SMILES string of the molecule is COc1cccc(Nc2ccnc(C(=O)NCc3ccc(Cl)cc3)c2)c1. The first kappa shape index (κ1) is 17.8. The van der Waals surface area contributed by atoms with Crippen molar-refractivity contribution in [1.82, 2.24) is 10.3 Å². The van der Waals surface area contributed by atoms with Crippen LogP contribution >= 0.6 is 11.6 Å². The highest BCUT2D eigenvalue weighted by Crippen LogP contribution is 2.21. The van der Waals surface area contributed by atoms with Crippen LogP contribution in [0.2, 0.25) is 5.02 Å². The van der Waals surface area contributed by atoms with Gasteiger partial charge in [-0.1, -0.05) is 29.8 Å². The summed E-state index contributed by atoms with van der Waals surface area (Å²) in [6, 6.07) is 18.4. The number of pyridine rings is 1. The Morgan fingerprint density at radius 1 is 1.08 bits per heavy atom. The Kier molecular flexibility index (Phi) is 5.71. The molecule has 1 heterocycles. The van der Waals surface area contributed by atoms with Gasteiger partial charge in [0.05, 0.1) is 7.11 Å². The van der Waals surface area contributed by atoms with Crippen molar-refractivity contribution in [3.63, 3.8) is 0 Å². The minimum absolute atomic E-state index is 0.241. The molecule has 0 aliphatic carbocycles. The molecular formula is C20H18ClN3O2. The summed E-state index contributed by atoms with van der Waals surface area (Å²) in [5, 5.41) is 6.76. The topological polar surface area (TPSA) is 63.2 Å². The van der Waals surface area contributed by atoms with Crippen molar-refractivity contribution in [2.45, 2.75) is 6.54 Å². The van der Waals surface area contributed by atoms with Gasteiger partial charge in [-0.3, -0.25) is 9.78 Å². The van der Waals surface area contributed by atoms with E-state index in [1.807, 2.05) is 36.4 Å². The lowest BCUT2D eigenvalue weighted by molar-refractivity contribution is 0.0946. The van der Waals surface area contributed by atoms with Crippen LogP contribution in [0.4, 0.5) is 11.4 Å². The van der Waals surface area contributed by atoms with Gasteiger partial charge >= 0.3 is 0 Å². The summed E-state index contributed by atoms with van der Waals surface area (Å²) in [6.07, 6.45) is 1.60. The van der Waals surface area contributed by atoms with E-state index in [0.717, 1.165) is 22.7 Å². The summed E-state index contributed by atoms with van der Waals surface area (Å²) in [5.74, 6) is 0.513. The molecule has 26 heavy (non-hydrogen) atoms. The number of halogens is 1. The molecule has 0 bridgehead atoms. The largest absolute Gasteiger partial charge is 0.497 e. The van der Waals surface area contributed by atoms with Crippen molar-refractivity contribution in [1.29, 1.82) is 0 Å². The zero-order valence-electron chi connectivity index (χ0n) is 14.2. The molecule has 6 heteroatoms. The molecule has 0 fully saturated rings. The van der Waals surface area contributed by atoms with Crippen LogP contribution in [0, 0.1) is 0 Å². The third-order valence-corrected chi connectivity index (χ3v) is 3.97. The number of nitrogens with zero attached hydrogens (tertiary/aromatic N) is 1. The van der Waals surface area contributed by atoms with Crippen molar-refractivity contribution in [2.24, 2.45) is 0 Å². The predicted octanol–water partition coefficient (Wildman–Crippen LogP) is 4.42. The maximum atomic E-state index is 12.3. The summed E-state index contributed by atoms with van der Waals surface area (Å²) in [4.78, 5) is 16.5. The molecule has 5 nitrogen and oxygen atoms in total. The van der Waals surface area contributed by atoms with Crippen LogP contribution in [-0.2, 0) is 6.54 Å². The van der Waals surface area contributed by atoms with Gasteiger partial charge in [-0.2, -0.15) is 0 Å². The van der Waals surface area contributed by atoms with Gasteiger partial charge in [-0.05, 0) is 42.0 Å². The Morgan fingerprint density at radius 3 is 2.62 bits per heavy atom. The predicted molar refractivity (Wildman–Crippen MR) is 103 cm³/mol. The number of aromatic nitrogens is 1. The first-order valence-corrected chi connectivity index (χ1v) is 8.41. The maximum Gasteiger partial charge on any atom is 0.270 e. The number of rotatable bonds is 6. The highest BCUT2D eigenvalue weighted by molar-refractivity contribution is 6.30. The van der Waals surface area contributed by atoms with Crippen LogP contribution < -0.4 is 15.4 Å². The lowest BCUT2D eigenvalue weighted by Gasteiger charge is -2.10. The van der Waals surface area contributed by atoms with Gasteiger partial charge in [-0.15, -0.1) is 0 Å². The standard InChI is InChI=1S/C20H18ClN3O2/c1-26-18-4-2-3-16(11-18)24-17-9-10-22-19(12-17)20(25)23-13-14-5-7-15(21)8-6-14/h2-12H,13H2,1H3,(H,22,24)(H,23,25). The van der Waals surface area contributed by atoms with Gasteiger partial charge in [0.1, 0.15) is 11.4 Å². The monoisotopic (exact) mass is 367 g/mol. The normalized spacial score (nSPS) is 10.2. The number of methoxy groups -OCH3 is 1. The van der Waals surface area contributed by atoms with Crippen molar-refractivity contribution >= 4 is 28.9 Å². The molecule has 132 valence electrons. The Hall–Kier alpha value is -3.05. The van der Waals surface area contributed by atoms with E-state index in [9.17, 15) is 4.79 Å². The number of ether oxygens (including phenoxy) is 1. The van der Waals surface area contributed by atoms with Crippen LogP contribution in [0.1, 0.15) is 16.1 Å². The average molecular weight is 368 g/mol. The molecule has 2 aromatic carbocycles. The molecule has 0 unspecified atom stereocenters. The average Bonchev–Trinajstić information content (AvgIpc) is 2.67. The van der Waals surface area contributed by atoms with E-state index >= 15 is 0 Å². The zero-order valence-corrected chi connectivity index (χ0v) is 15.0. The number of anilines is 2. The number of carbonyl (C=O) groups excluding carboxylic acids is 1. The van der Waals surface area contributed by atoms with Crippen LogP contribution in [-0.4, -0.2) is 18.0 Å². The Bertz CT molecular complexity index is 898. The molecule has 3 aromatic rings. The van der Waals surface area contributed by atoms with Crippen molar-refractivity contribution in [3.8, 4) is 5.75 Å². The van der Waals surface area contributed by atoms with E-state index in [1.165, 1.54) is 0 Å². The second-order valence-electron chi connectivity index (χ2n) is 5.60. The summed E-state index contributed by atoms with van der Waals surface area (Å²) in [7, 11) is 1.62. The Morgan fingerprint density at radius 2 is 1.85 bits per heavy atom. The highest BCUT2D eigenvalue weighted by Gasteiger charge is 2.08. The second-order valence-corrected chi connectivity index (χ2v) is 6.03. The van der Waals surface area contributed by atoms with E-state index in [0.29, 0.717) is 17.3 Å². The van der Waals surface area contributed by atoms with Crippen LogP contribution in [0.25, 0.3) is 0 Å². The fourth-order valence-corrected chi connectivity index (χ4v) is 2.50. The van der Waals surface area contributed by atoms with Gasteiger partial charge in [0.25, 0.3) is 5.91 Å². The smallest absolute Gasteiger partial charge is 0.270 e. The molecule has 3 rings (SSSR count). The highest BCUT2D eigenvalue weighted by atomic mass is 35.5. The number of amides is 1. The van der Waals surface area contributed by atoms with Crippen molar-refractivity contribution < 1.29 is 9.53 Å². The molecule has 0 radical (unpaired) electrons. The van der Waals surface area contributed by atoms with E-state index in [1.54, 1.807) is 37.6 Å². The Balaban J connectivity index is 1.65. The van der Waals surface area contributed by atoms with Gasteiger partial charge in [0.2, 0.25) is 0 Å². The summed E-state index contributed by atoms with van der Waals surface area (Å²) < 4.78 is 5.21. The zero-order chi connectivity index (χ0) is 18.4. The molecule has 0 aliphatic heterocycles. The summed E-state index contributed by atoms with van der Waals surface area (Å²) in [6.45, 7) is 0.408. The molecule has 0 atom stereocenters. The Labute approximate surface area is 157 Å². The maximum absolute atomic E-state index is 12.3. The fraction of sp³-hybridized carbons (Fsp3) is 0.100. The van der Waals surface area contributed by atoms with Crippen molar-refractivity contribution in [3.05, 3.63) is 83.1 Å². The molecule has 1 aromatic heterocycles. The third kappa shape index (κ3) is 4.74. The summed E-state index contributed by atoms with van der Waals surface area (Å²) >= 11 is 5.86. The number of hydrogen-bond donors (Lipinski definition) is 2. The van der Waals surface area contributed by atoms with Crippen molar-refractivity contribution in [2.75, 3.05) is 12.4 Å². The van der Waals surface area contributed by atoms with Gasteiger partial charge in [0, 0.05) is 35.2 Å². The first-order chi connectivity index (χ1) is 12.6. The minimum atomic E-state index is -0.241. The fourth-order valence-electron chi connectivity index (χ4n) is 2.38. The lowest BCUT2D eigenvalue weighted by atomic mass is 10.2. The van der Waals surface area contributed by atoms with Gasteiger partial charge < -0.3 is 15.4 Å². The molecule has 1 amide bonds. The molecule has 0 saturated carbocycles. The quantitative estimate of drug-likeness (QED) is 0.677. The lowest BCUT2D eigenvalue weighted by Crippen LogP contribution is -2.23. The molecule has 0 aliphatic rings. The molecule has 0 saturated heterocycles. The van der Waals surface area contributed by atoms with Crippen LogP contribution in [0.3, 0.4) is 0 Å². The molecular weight excluding hydrogens is 350 g/mol. The molecule has 0 spiro atoms. The van der Waals surface area contributed by atoms with E-state index in [-0.39, 0.29) is 5.91 Å². The molecule has 2 N–H and O–H groups in total. The van der Waals surface area contributed by atoms with Gasteiger partial charge in [-0.25, -0.2) is 0 Å². The number of carbonyl (C=O) groups is 1. The minimum Gasteiger partial charge on any atom is -0.497 e. The third-order valence-electron chi connectivity index (χ3n) is 3.72.